The lowest BCUT2D eigenvalue weighted by Crippen LogP contribution is -2.23. The average molecular weight is 505 g/mol. The summed E-state index contributed by atoms with van der Waals surface area (Å²) in [5, 5.41) is 1.88. The monoisotopic (exact) mass is 504 g/mol. The van der Waals surface area contributed by atoms with Gasteiger partial charge in [0.05, 0.1) is 6.61 Å². The zero-order valence-corrected chi connectivity index (χ0v) is 19.1. The average Bonchev–Trinajstić information content (AvgIpc) is 3.27. The molecule has 0 saturated carbocycles. The van der Waals surface area contributed by atoms with Crippen molar-refractivity contribution in [3.63, 3.8) is 0 Å². The van der Waals surface area contributed by atoms with Crippen molar-refractivity contribution in [2.45, 2.75) is 19.0 Å². The molecule has 0 atom stereocenters. The van der Waals surface area contributed by atoms with Crippen molar-refractivity contribution in [2.24, 2.45) is 0 Å². The second kappa shape index (κ2) is 11.0. The predicted octanol–water partition coefficient (Wildman–Crippen LogP) is 4.49. The van der Waals surface area contributed by atoms with Crippen LogP contribution in [0.25, 0.3) is 5.95 Å². The topological polar surface area (TPSA) is 68.1 Å². The highest BCUT2D eigenvalue weighted by Crippen LogP contribution is 2.30. The summed E-state index contributed by atoms with van der Waals surface area (Å²) in [5.74, 6) is -2.22. The predicted molar refractivity (Wildman–Crippen MR) is 117 cm³/mol. The van der Waals surface area contributed by atoms with Gasteiger partial charge in [-0.05, 0) is 20.5 Å². The molecule has 0 spiro atoms. The number of aromatic nitrogens is 4. The van der Waals surface area contributed by atoms with Crippen LogP contribution in [0.5, 0.6) is 5.75 Å². The van der Waals surface area contributed by atoms with Crippen molar-refractivity contribution in [1.29, 1.82) is 0 Å². The fraction of sp³-hybridized carbons (Fsp3) is 0.381. The molecule has 0 amide bonds. The van der Waals surface area contributed by atoms with Gasteiger partial charge in [-0.3, -0.25) is 4.57 Å². The molecule has 1 aromatic carbocycles. The third-order valence-electron chi connectivity index (χ3n) is 4.62. The Balaban J connectivity index is 1.88. The van der Waals surface area contributed by atoms with Gasteiger partial charge in [0, 0.05) is 48.6 Å². The Bertz CT molecular complexity index is 1080. The van der Waals surface area contributed by atoms with Gasteiger partial charge < -0.3 is 15.0 Å². The first kappa shape index (κ1) is 25.6. The lowest BCUT2D eigenvalue weighted by molar-refractivity contribution is -0.115. The summed E-state index contributed by atoms with van der Waals surface area (Å²) in [7, 11) is 3.78. The number of halogens is 6. The van der Waals surface area contributed by atoms with Crippen molar-refractivity contribution in [3.05, 3.63) is 58.8 Å². The highest BCUT2D eigenvalue weighted by atomic mass is 35.5. The summed E-state index contributed by atoms with van der Waals surface area (Å²) in [6, 6.07) is 2.04. The van der Waals surface area contributed by atoms with Crippen LogP contribution in [0.15, 0.2) is 30.9 Å². The molecular weight excluding hydrogens is 483 g/mol. The third-order valence-corrected chi connectivity index (χ3v) is 4.94. The van der Waals surface area contributed by atoms with Gasteiger partial charge >= 0.3 is 6.18 Å². The van der Waals surface area contributed by atoms with Gasteiger partial charge in [0.1, 0.15) is 41.2 Å². The first-order valence-electron chi connectivity index (χ1n) is 10.1. The Morgan fingerprint density at radius 2 is 1.82 bits per heavy atom. The minimum absolute atomic E-state index is 0.00530. The van der Waals surface area contributed by atoms with E-state index in [0.29, 0.717) is 6.42 Å². The maximum absolute atomic E-state index is 14.8. The zero-order valence-electron chi connectivity index (χ0n) is 18.3. The van der Waals surface area contributed by atoms with E-state index in [-0.39, 0.29) is 34.8 Å². The molecule has 2 aromatic heterocycles. The molecule has 2 heterocycles. The van der Waals surface area contributed by atoms with E-state index in [1.165, 1.54) is 23.3 Å². The Hall–Kier alpha value is -2.99. The third kappa shape index (κ3) is 7.00. The van der Waals surface area contributed by atoms with Crippen LogP contribution in [0.1, 0.15) is 17.5 Å². The Labute approximate surface area is 197 Å². The maximum atomic E-state index is 14.8. The van der Waals surface area contributed by atoms with Crippen LogP contribution < -0.4 is 10.1 Å². The van der Waals surface area contributed by atoms with Crippen LogP contribution in [0.4, 0.5) is 27.8 Å². The normalized spacial score (nSPS) is 11.8. The van der Waals surface area contributed by atoms with E-state index in [9.17, 15) is 22.0 Å². The number of benzene rings is 1. The molecule has 184 valence electrons. The summed E-state index contributed by atoms with van der Waals surface area (Å²) < 4.78 is 74.7. The number of nitrogens with zero attached hydrogens (tertiary/aromatic N) is 5. The number of alkyl halides is 3. The van der Waals surface area contributed by atoms with Gasteiger partial charge in [-0.1, -0.05) is 11.6 Å². The fourth-order valence-corrected chi connectivity index (χ4v) is 3.24. The number of nitrogens with one attached hydrogen (secondary N) is 1. The van der Waals surface area contributed by atoms with Crippen molar-refractivity contribution in [2.75, 3.05) is 39.1 Å². The SMILES string of the molecule is CN(C)CCCOc1cc(F)c(Cc2c(Cl)nc(-n3ccnc3)nc2NCC(F)(F)F)c(F)c1. The Morgan fingerprint density at radius 1 is 1.12 bits per heavy atom. The number of imidazole rings is 1. The number of hydrogen-bond donors (Lipinski definition) is 1. The number of ether oxygens (including phenoxy) is 1. The van der Waals surface area contributed by atoms with Crippen LogP contribution in [0.3, 0.4) is 0 Å². The Morgan fingerprint density at radius 3 is 2.41 bits per heavy atom. The largest absolute Gasteiger partial charge is 0.493 e. The molecule has 0 radical (unpaired) electrons. The zero-order chi connectivity index (χ0) is 24.9. The standard InChI is InChI=1S/C21H22ClF5N6O/c1-32(2)5-3-7-34-13-8-16(23)14(17(24)9-13)10-15-18(22)30-20(33-6-4-28-12-33)31-19(15)29-11-21(25,26)27/h4,6,8-9,12H,3,5,7,10-11H2,1-2H3,(H,29,30,31). The number of hydrogen-bond acceptors (Lipinski definition) is 6. The first-order chi connectivity index (χ1) is 16.0. The van der Waals surface area contributed by atoms with Crippen LogP contribution in [-0.2, 0) is 6.42 Å². The van der Waals surface area contributed by atoms with Gasteiger partial charge in [-0.2, -0.15) is 23.1 Å². The highest BCUT2D eigenvalue weighted by Gasteiger charge is 2.28. The first-order valence-corrected chi connectivity index (χ1v) is 10.5. The second-order valence-corrected chi connectivity index (χ2v) is 7.99. The molecule has 0 aliphatic heterocycles. The summed E-state index contributed by atoms with van der Waals surface area (Å²) in [4.78, 5) is 13.9. The maximum Gasteiger partial charge on any atom is 0.405 e. The van der Waals surface area contributed by atoms with Crippen LogP contribution >= 0.6 is 11.6 Å². The molecule has 3 aromatic rings. The number of rotatable bonds is 10. The summed E-state index contributed by atoms with van der Waals surface area (Å²) in [5.41, 5.74) is -0.496. The summed E-state index contributed by atoms with van der Waals surface area (Å²) in [6.45, 7) is -0.428. The molecule has 0 aliphatic carbocycles. The van der Waals surface area contributed by atoms with E-state index in [4.69, 9.17) is 16.3 Å². The van der Waals surface area contributed by atoms with E-state index in [0.717, 1.165) is 18.7 Å². The molecule has 7 nitrogen and oxygen atoms in total. The number of anilines is 1. The molecule has 1 N–H and O–H groups in total. The van der Waals surface area contributed by atoms with Gasteiger partial charge in [0.2, 0.25) is 5.95 Å². The molecule has 3 rings (SSSR count). The molecule has 34 heavy (non-hydrogen) atoms. The smallest absolute Gasteiger partial charge is 0.405 e. The van der Waals surface area contributed by atoms with Crippen LogP contribution in [0, 0.1) is 11.6 Å². The molecule has 0 unspecified atom stereocenters. The minimum Gasteiger partial charge on any atom is -0.493 e. The van der Waals surface area contributed by atoms with E-state index in [1.54, 1.807) is 0 Å². The second-order valence-electron chi connectivity index (χ2n) is 7.63. The van der Waals surface area contributed by atoms with Crippen LogP contribution in [0.2, 0.25) is 5.15 Å². The molecule has 0 saturated heterocycles. The fourth-order valence-electron chi connectivity index (χ4n) is 3.00. The molecule has 0 fully saturated rings. The van der Waals surface area contributed by atoms with Crippen molar-refractivity contribution in [1.82, 2.24) is 24.4 Å². The van der Waals surface area contributed by atoms with E-state index in [1.807, 2.05) is 19.0 Å². The minimum atomic E-state index is -4.56. The van der Waals surface area contributed by atoms with Gasteiger partial charge in [-0.25, -0.2) is 13.8 Å². The molecular formula is C21H22ClF5N6O. The quantitative estimate of drug-likeness (QED) is 0.249. The summed E-state index contributed by atoms with van der Waals surface area (Å²) in [6.07, 6.45) is -0.177. The van der Waals surface area contributed by atoms with Gasteiger partial charge in [0.15, 0.2) is 0 Å². The van der Waals surface area contributed by atoms with Gasteiger partial charge in [0.25, 0.3) is 0 Å². The highest BCUT2D eigenvalue weighted by molar-refractivity contribution is 6.30. The van der Waals surface area contributed by atoms with E-state index >= 15 is 0 Å². The molecule has 0 bridgehead atoms. The van der Waals surface area contributed by atoms with Crippen molar-refractivity contribution >= 4 is 17.4 Å². The molecule has 0 aliphatic rings. The summed E-state index contributed by atoms with van der Waals surface area (Å²) >= 11 is 6.22. The van der Waals surface area contributed by atoms with Crippen LogP contribution in [-0.4, -0.2) is 64.4 Å². The molecule has 13 heteroatoms. The van der Waals surface area contributed by atoms with Crippen molar-refractivity contribution < 1.29 is 26.7 Å². The van der Waals surface area contributed by atoms with Crippen molar-refractivity contribution in [3.8, 4) is 11.7 Å². The Kier molecular flexibility index (Phi) is 8.26. The lowest BCUT2D eigenvalue weighted by atomic mass is 10.0. The van der Waals surface area contributed by atoms with Gasteiger partial charge in [-0.15, -0.1) is 0 Å². The van der Waals surface area contributed by atoms with E-state index in [2.05, 4.69) is 20.3 Å². The van der Waals surface area contributed by atoms with E-state index < -0.39 is 36.3 Å². The lowest BCUT2D eigenvalue weighted by Gasteiger charge is -2.16.